The molecule has 10 heteroatoms. The lowest BCUT2D eigenvalue weighted by Crippen LogP contribution is -2.51. The highest BCUT2D eigenvalue weighted by Crippen LogP contribution is 2.42. The number of nitrogens with zero attached hydrogens (tertiary/aromatic N) is 1. The van der Waals surface area contributed by atoms with Gasteiger partial charge in [-0.1, -0.05) is 0 Å². The van der Waals surface area contributed by atoms with Crippen LogP contribution in [0.2, 0.25) is 0 Å². The van der Waals surface area contributed by atoms with E-state index in [1.165, 1.54) is 24.3 Å². The van der Waals surface area contributed by atoms with E-state index in [0.717, 1.165) is 38.9 Å². The first-order valence-electron chi connectivity index (χ1n) is 14.1. The highest BCUT2D eigenvalue weighted by molar-refractivity contribution is 5.97. The Labute approximate surface area is 226 Å². The van der Waals surface area contributed by atoms with Crippen molar-refractivity contribution in [1.29, 1.82) is 0 Å². The van der Waals surface area contributed by atoms with E-state index in [2.05, 4.69) is 4.90 Å². The average Bonchev–Trinajstić information content (AvgIpc) is 2.92. The summed E-state index contributed by atoms with van der Waals surface area (Å²) in [6.45, 7) is 2.49. The number of alkyl halides is 3. The lowest BCUT2D eigenvalue weighted by molar-refractivity contribution is -0.191. The summed E-state index contributed by atoms with van der Waals surface area (Å²) in [5, 5.41) is 0. The molecule has 0 unspecified atom stereocenters. The Morgan fingerprint density at radius 3 is 2.03 bits per heavy atom. The van der Waals surface area contributed by atoms with E-state index in [1.54, 1.807) is 0 Å². The van der Waals surface area contributed by atoms with Crippen LogP contribution in [0, 0.1) is 29.5 Å². The number of ether oxygens (including phenoxy) is 1. The van der Waals surface area contributed by atoms with Gasteiger partial charge in [0, 0.05) is 11.5 Å². The number of piperidine rings is 1. The molecule has 4 rings (SSSR count). The summed E-state index contributed by atoms with van der Waals surface area (Å²) in [4.78, 5) is 40.1. The minimum Gasteiger partial charge on any atom is -0.449 e. The number of amides is 1. The maximum atomic E-state index is 13.1. The third kappa shape index (κ3) is 7.38. The van der Waals surface area contributed by atoms with Crippen molar-refractivity contribution in [3.05, 3.63) is 35.6 Å². The molecule has 0 spiro atoms. The van der Waals surface area contributed by atoms with Gasteiger partial charge in [-0.3, -0.25) is 14.4 Å². The number of hydrogen-bond donors (Lipinski definition) is 1. The number of carbonyl (C=O) groups is 3. The quantitative estimate of drug-likeness (QED) is 0.263. The summed E-state index contributed by atoms with van der Waals surface area (Å²) in [6.07, 6.45) is 0.181. The van der Waals surface area contributed by atoms with Crippen LogP contribution in [0.1, 0.15) is 81.0 Å². The maximum Gasteiger partial charge on any atom is 0.391 e. The van der Waals surface area contributed by atoms with Gasteiger partial charge in [-0.2, -0.15) is 13.2 Å². The van der Waals surface area contributed by atoms with Crippen molar-refractivity contribution in [3.63, 3.8) is 0 Å². The van der Waals surface area contributed by atoms with Gasteiger partial charge in [0.05, 0.1) is 11.8 Å². The van der Waals surface area contributed by atoms with Gasteiger partial charge in [0.15, 0.2) is 11.4 Å². The summed E-state index contributed by atoms with van der Waals surface area (Å²) >= 11 is 0. The molecular formula is C29H38F4N2O4. The largest absolute Gasteiger partial charge is 0.449 e. The number of likely N-dealkylation sites (tertiary alicyclic amines) is 1. The molecule has 0 bridgehead atoms. The molecule has 1 aliphatic heterocycles. The van der Waals surface area contributed by atoms with Gasteiger partial charge in [0.2, 0.25) is 0 Å². The number of nitrogens with two attached hydrogens (primary N) is 1. The molecule has 0 aromatic heterocycles. The van der Waals surface area contributed by atoms with Crippen LogP contribution in [0.5, 0.6) is 0 Å². The van der Waals surface area contributed by atoms with Crippen LogP contribution in [-0.2, 0) is 14.3 Å². The zero-order valence-electron chi connectivity index (χ0n) is 22.2. The van der Waals surface area contributed by atoms with Crippen LogP contribution < -0.4 is 5.73 Å². The van der Waals surface area contributed by atoms with Crippen molar-refractivity contribution in [1.82, 2.24) is 4.90 Å². The fourth-order valence-electron chi connectivity index (χ4n) is 6.40. The second kappa shape index (κ2) is 12.4. The van der Waals surface area contributed by atoms with Crippen molar-refractivity contribution in [2.24, 2.45) is 29.4 Å². The Bertz CT molecular complexity index is 1010. The highest BCUT2D eigenvalue weighted by atomic mass is 19.4. The highest BCUT2D eigenvalue weighted by Gasteiger charge is 2.47. The molecule has 1 heterocycles. The Hall–Kier alpha value is -2.49. The Morgan fingerprint density at radius 1 is 0.897 bits per heavy atom. The number of primary amides is 1. The summed E-state index contributed by atoms with van der Waals surface area (Å²) < 4.78 is 57.7. The Kier molecular flexibility index (Phi) is 9.34. The van der Waals surface area contributed by atoms with Gasteiger partial charge in [0.1, 0.15) is 5.82 Å². The number of halogens is 4. The van der Waals surface area contributed by atoms with Crippen LogP contribution >= 0.6 is 0 Å². The fraction of sp³-hybridized carbons (Fsp3) is 0.690. The van der Waals surface area contributed by atoms with E-state index in [0.29, 0.717) is 37.2 Å². The molecule has 3 fully saturated rings. The number of Topliss-reactive ketones (excluding diaryl/α,β-unsaturated/α-hetero) is 1. The molecule has 1 saturated heterocycles. The first-order valence-corrected chi connectivity index (χ1v) is 14.1. The van der Waals surface area contributed by atoms with Crippen molar-refractivity contribution in [2.75, 3.05) is 19.6 Å². The molecule has 3 aliphatic rings. The van der Waals surface area contributed by atoms with E-state index in [4.69, 9.17) is 10.5 Å². The lowest BCUT2D eigenvalue weighted by atomic mass is 9.76. The number of esters is 1. The fourth-order valence-corrected chi connectivity index (χ4v) is 6.40. The van der Waals surface area contributed by atoms with Gasteiger partial charge in [0.25, 0.3) is 5.91 Å². The molecular weight excluding hydrogens is 516 g/mol. The van der Waals surface area contributed by atoms with E-state index >= 15 is 0 Å². The minimum absolute atomic E-state index is 0.0595. The molecule has 216 valence electrons. The molecule has 0 radical (unpaired) electrons. The standard InChI is InChI=1S/C29H38F4N2O4/c30-24-7-3-20(4-8-24)25(36)21-12-17-35(18-13-21)16-11-19-9-14-28(15-10-19,27(34)38)39-26(37)22-1-5-23(6-2-22)29(31,32)33/h3-4,7-8,19,21-23H,1-2,5-6,9-18H2,(H2,34,38). The van der Waals surface area contributed by atoms with Crippen LogP contribution in [0.4, 0.5) is 17.6 Å². The van der Waals surface area contributed by atoms with Crippen LogP contribution in [-0.4, -0.2) is 54.0 Å². The van der Waals surface area contributed by atoms with E-state index in [9.17, 15) is 31.9 Å². The van der Waals surface area contributed by atoms with Crippen molar-refractivity contribution in [3.8, 4) is 0 Å². The van der Waals surface area contributed by atoms with Crippen LogP contribution in [0.3, 0.4) is 0 Å². The van der Waals surface area contributed by atoms with E-state index in [1.807, 2.05) is 0 Å². The summed E-state index contributed by atoms with van der Waals surface area (Å²) in [5.41, 5.74) is 4.83. The molecule has 2 N–H and O–H groups in total. The summed E-state index contributed by atoms with van der Waals surface area (Å²) in [5.74, 6) is -3.32. The second-order valence-corrected chi connectivity index (χ2v) is 11.6. The maximum absolute atomic E-state index is 13.1. The van der Waals surface area contributed by atoms with Crippen LogP contribution in [0.25, 0.3) is 0 Å². The average molecular weight is 555 g/mol. The zero-order valence-corrected chi connectivity index (χ0v) is 22.2. The molecule has 1 amide bonds. The molecule has 1 aromatic carbocycles. The number of hydrogen-bond acceptors (Lipinski definition) is 5. The molecule has 6 nitrogen and oxygen atoms in total. The SMILES string of the molecule is NC(=O)C1(OC(=O)C2CCC(C(F)(F)F)CC2)CCC(CCN2CCC(C(=O)c3ccc(F)cc3)CC2)CC1. The molecule has 2 saturated carbocycles. The van der Waals surface area contributed by atoms with Gasteiger partial charge in [-0.25, -0.2) is 4.39 Å². The number of ketones is 1. The predicted molar refractivity (Wildman–Crippen MR) is 136 cm³/mol. The predicted octanol–water partition coefficient (Wildman–Crippen LogP) is 5.44. The molecule has 39 heavy (non-hydrogen) atoms. The third-order valence-corrected chi connectivity index (χ3v) is 9.12. The van der Waals surface area contributed by atoms with Gasteiger partial charge < -0.3 is 15.4 Å². The summed E-state index contributed by atoms with van der Waals surface area (Å²) in [7, 11) is 0. The Morgan fingerprint density at radius 2 is 1.49 bits per heavy atom. The molecule has 2 aliphatic carbocycles. The number of carbonyl (C=O) groups excluding carboxylic acids is 3. The van der Waals surface area contributed by atoms with Crippen molar-refractivity contribution < 1.29 is 36.7 Å². The zero-order chi connectivity index (χ0) is 28.2. The number of benzene rings is 1. The normalized spacial score (nSPS) is 29.1. The number of rotatable bonds is 8. The lowest BCUT2D eigenvalue weighted by Gasteiger charge is -2.39. The second-order valence-electron chi connectivity index (χ2n) is 11.6. The van der Waals surface area contributed by atoms with Gasteiger partial charge in [-0.15, -0.1) is 0 Å². The molecule has 0 atom stereocenters. The van der Waals surface area contributed by atoms with Gasteiger partial charge in [-0.05, 0) is 120 Å². The molecule has 1 aromatic rings. The smallest absolute Gasteiger partial charge is 0.391 e. The first-order chi connectivity index (χ1) is 18.5. The third-order valence-electron chi connectivity index (χ3n) is 9.12. The Balaban J connectivity index is 1.19. The van der Waals surface area contributed by atoms with Crippen molar-refractivity contribution in [2.45, 2.75) is 82.4 Å². The van der Waals surface area contributed by atoms with E-state index < -0.39 is 35.5 Å². The first kappa shape index (κ1) is 29.5. The summed E-state index contributed by atoms with van der Waals surface area (Å²) in [6, 6.07) is 5.69. The monoisotopic (exact) mass is 554 g/mol. The topological polar surface area (TPSA) is 89.7 Å². The van der Waals surface area contributed by atoms with Crippen molar-refractivity contribution >= 4 is 17.7 Å². The minimum atomic E-state index is -4.25. The van der Waals surface area contributed by atoms with Gasteiger partial charge >= 0.3 is 12.1 Å². The van der Waals surface area contributed by atoms with Crippen LogP contribution in [0.15, 0.2) is 24.3 Å². The van der Waals surface area contributed by atoms with E-state index in [-0.39, 0.29) is 43.2 Å².